The summed E-state index contributed by atoms with van der Waals surface area (Å²) in [7, 11) is 1.45. The fourth-order valence-corrected chi connectivity index (χ4v) is 5.04. The number of carbonyl (C=O) groups excluding carboxylic acids is 2. The third-order valence-electron chi connectivity index (χ3n) is 5.82. The van der Waals surface area contributed by atoms with Gasteiger partial charge in [0.15, 0.2) is 17.6 Å². The lowest BCUT2D eigenvalue weighted by molar-refractivity contribution is -0.126. The first kappa shape index (κ1) is 21.9. The molecule has 7 nitrogen and oxygen atoms in total. The highest BCUT2D eigenvalue weighted by Gasteiger charge is 2.60. The van der Waals surface area contributed by atoms with E-state index in [4.69, 9.17) is 9.57 Å². The highest BCUT2D eigenvalue weighted by Crippen LogP contribution is 2.49. The molecule has 3 atom stereocenters. The van der Waals surface area contributed by atoms with Gasteiger partial charge in [0, 0.05) is 4.47 Å². The number of ether oxygens (including phenoxy) is 1. The Labute approximate surface area is 206 Å². The molecule has 0 aliphatic carbocycles. The number of imide groups is 1. The van der Waals surface area contributed by atoms with E-state index >= 15 is 0 Å². The number of hydrogen-bond acceptors (Lipinski definition) is 6. The first-order chi connectivity index (χ1) is 15.9. The Kier molecular flexibility index (Phi) is 5.64. The maximum Gasteiger partial charge on any atom is 0.266 e. The average molecular weight is 574 g/mol. The molecule has 2 saturated heterocycles. The number of amides is 2. The van der Waals surface area contributed by atoms with Crippen molar-refractivity contribution in [3.05, 3.63) is 81.2 Å². The molecule has 0 bridgehead atoms. The van der Waals surface area contributed by atoms with Crippen LogP contribution < -0.4 is 14.7 Å². The summed E-state index contributed by atoms with van der Waals surface area (Å²) < 4.78 is 6.58. The molecule has 3 aromatic carbocycles. The summed E-state index contributed by atoms with van der Waals surface area (Å²) in [5.41, 5.74) is 1.85. The molecule has 168 valence electrons. The van der Waals surface area contributed by atoms with E-state index in [1.54, 1.807) is 41.5 Å². The summed E-state index contributed by atoms with van der Waals surface area (Å²) in [6.07, 6.45) is -0.982. The van der Waals surface area contributed by atoms with Gasteiger partial charge in [-0.05, 0) is 70.0 Å². The van der Waals surface area contributed by atoms with Gasteiger partial charge in [-0.15, -0.1) is 0 Å². The van der Waals surface area contributed by atoms with Gasteiger partial charge in [-0.2, -0.15) is 0 Å². The van der Waals surface area contributed by atoms with Gasteiger partial charge < -0.3 is 9.84 Å². The third-order valence-corrected chi connectivity index (χ3v) is 6.96. The predicted molar refractivity (Wildman–Crippen MR) is 129 cm³/mol. The van der Waals surface area contributed by atoms with Crippen molar-refractivity contribution < 1.29 is 24.3 Å². The van der Waals surface area contributed by atoms with Gasteiger partial charge in [-0.3, -0.25) is 14.4 Å². The fraction of sp³-hybridized carbons (Fsp3) is 0.167. The number of para-hydroxylation sites is 1. The van der Waals surface area contributed by atoms with Gasteiger partial charge in [-0.25, -0.2) is 9.96 Å². The number of hydrogen-bond donors (Lipinski definition) is 1. The maximum absolute atomic E-state index is 13.6. The lowest BCUT2D eigenvalue weighted by Crippen LogP contribution is -2.37. The van der Waals surface area contributed by atoms with Crippen LogP contribution in [-0.4, -0.2) is 30.1 Å². The van der Waals surface area contributed by atoms with Gasteiger partial charge in [0.25, 0.3) is 5.91 Å². The normalized spacial score (nSPS) is 22.1. The van der Waals surface area contributed by atoms with Gasteiger partial charge in [-0.1, -0.05) is 34.1 Å². The molecule has 3 aromatic rings. The molecule has 33 heavy (non-hydrogen) atoms. The number of benzene rings is 3. The minimum absolute atomic E-state index is 0.0479. The Morgan fingerprint density at radius 1 is 0.939 bits per heavy atom. The monoisotopic (exact) mass is 572 g/mol. The third kappa shape index (κ3) is 3.60. The number of nitrogens with zero attached hydrogens (tertiary/aromatic N) is 2. The lowest BCUT2D eigenvalue weighted by atomic mass is 9.90. The van der Waals surface area contributed by atoms with E-state index in [1.165, 1.54) is 12.0 Å². The van der Waals surface area contributed by atoms with Crippen molar-refractivity contribution in [1.29, 1.82) is 0 Å². The van der Waals surface area contributed by atoms with Crippen LogP contribution in [0.15, 0.2) is 75.7 Å². The molecule has 5 rings (SSSR count). The molecule has 2 fully saturated rings. The van der Waals surface area contributed by atoms with Crippen LogP contribution in [0.4, 0.5) is 11.4 Å². The van der Waals surface area contributed by atoms with E-state index in [9.17, 15) is 14.7 Å². The Morgan fingerprint density at radius 2 is 1.64 bits per heavy atom. The van der Waals surface area contributed by atoms with Crippen LogP contribution in [0.3, 0.4) is 0 Å². The van der Waals surface area contributed by atoms with Crippen molar-refractivity contribution in [1.82, 2.24) is 0 Å². The number of carbonyl (C=O) groups is 2. The molecule has 0 unspecified atom stereocenters. The molecule has 9 heteroatoms. The smallest absolute Gasteiger partial charge is 0.266 e. The Hall–Kier alpha value is -2.88. The molecular weight excluding hydrogens is 556 g/mol. The van der Waals surface area contributed by atoms with E-state index in [1.807, 2.05) is 30.3 Å². The zero-order valence-electron chi connectivity index (χ0n) is 17.3. The molecule has 0 radical (unpaired) electrons. The second kappa shape index (κ2) is 8.48. The topological polar surface area (TPSA) is 79.3 Å². The van der Waals surface area contributed by atoms with E-state index in [0.29, 0.717) is 21.4 Å². The number of aromatic hydroxyl groups is 1. The zero-order valence-corrected chi connectivity index (χ0v) is 20.5. The fourth-order valence-electron chi connectivity index (χ4n) is 4.32. The van der Waals surface area contributed by atoms with Crippen molar-refractivity contribution in [2.75, 3.05) is 17.1 Å². The predicted octanol–water partition coefficient (Wildman–Crippen LogP) is 4.98. The number of methoxy groups -OCH3 is 1. The first-order valence-corrected chi connectivity index (χ1v) is 11.7. The number of fused-ring (bicyclic) bond motifs is 1. The molecular formula is C24H18Br2N2O5. The van der Waals surface area contributed by atoms with Crippen LogP contribution in [0.5, 0.6) is 11.5 Å². The Bertz CT molecular complexity index is 1240. The van der Waals surface area contributed by atoms with Crippen LogP contribution in [-0.2, 0) is 14.4 Å². The number of phenols is 1. The number of rotatable bonds is 4. The zero-order chi connectivity index (χ0) is 23.3. The molecule has 0 spiro atoms. The molecule has 2 heterocycles. The Morgan fingerprint density at radius 3 is 2.30 bits per heavy atom. The SMILES string of the molecule is COc1cc([C@H]2[C@H]3C(=O)N(c4ccc(Br)cc4)C(=O)[C@@H]3ON2c2ccccc2)cc(Br)c1O. The second-order valence-electron chi connectivity index (χ2n) is 7.70. The molecule has 2 aliphatic heterocycles. The molecule has 1 N–H and O–H groups in total. The van der Waals surface area contributed by atoms with Gasteiger partial charge in [0.05, 0.1) is 29.0 Å². The van der Waals surface area contributed by atoms with Crippen molar-refractivity contribution in [2.45, 2.75) is 12.1 Å². The minimum atomic E-state index is -0.982. The van der Waals surface area contributed by atoms with Crippen molar-refractivity contribution in [3.8, 4) is 11.5 Å². The summed E-state index contributed by atoms with van der Waals surface area (Å²) in [5.74, 6) is -1.35. The summed E-state index contributed by atoms with van der Waals surface area (Å²) in [6.45, 7) is 0. The van der Waals surface area contributed by atoms with Crippen LogP contribution in [0.1, 0.15) is 11.6 Å². The standard InChI is InChI=1S/C24H18Br2N2O5/c1-32-18-12-13(11-17(26)21(18)29)20-19-22(33-28(20)16-5-3-2-4-6-16)24(31)27(23(19)30)15-9-7-14(25)8-10-15/h2-12,19-20,22,29H,1H3/t19-,20+,22-/m1/s1. The van der Waals surface area contributed by atoms with Gasteiger partial charge in [0.2, 0.25) is 5.91 Å². The number of phenolic OH excluding ortho intramolecular Hbond substituents is 1. The number of anilines is 2. The second-order valence-corrected chi connectivity index (χ2v) is 9.47. The molecule has 0 saturated carbocycles. The van der Waals surface area contributed by atoms with Crippen molar-refractivity contribution in [3.63, 3.8) is 0 Å². The number of halogens is 2. The van der Waals surface area contributed by atoms with E-state index < -0.39 is 24.0 Å². The summed E-state index contributed by atoms with van der Waals surface area (Å²) in [6, 6.07) is 19.0. The summed E-state index contributed by atoms with van der Waals surface area (Å²) in [4.78, 5) is 34.3. The quantitative estimate of drug-likeness (QED) is 0.444. The van der Waals surface area contributed by atoms with E-state index in [0.717, 1.165) is 4.47 Å². The highest BCUT2D eigenvalue weighted by molar-refractivity contribution is 9.10. The molecule has 2 amide bonds. The minimum Gasteiger partial charge on any atom is -0.503 e. The summed E-state index contributed by atoms with van der Waals surface area (Å²) >= 11 is 6.74. The lowest BCUT2D eigenvalue weighted by Gasteiger charge is -2.29. The van der Waals surface area contributed by atoms with Crippen LogP contribution in [0.25, 0.3) is 0 Å². The molecule has 2 aliphatic rings. The van der Waals surface area contributed by atoms with Crippen LogP contribution in [0.2, 0.25) is 0 Å². The van der Waals surface area contributed by atoms with E-state index in [-0.39, 0.29) is 17.4 Å². The van der Waals surface area contributed by atoms with Crippen LogP contribution in [0, 0.1) is 5.92 Å². The average Bonchev–Trinajstić information content (AvgIpc) is 3.33. The van der Waals surface area contributed by atoms with Gasteiger partial charge in [0.1, 0.15) is 5.92 Å². The summed E-state index contributed by atoms with van der Waals surface area (Å²) in [5, 5.41) is 11.9. The van der Waals surface area contributed by atoms with Gasteiger partial charge >= 0.3 is 0 Å². The van der Waals surface area contributed by atoms with Crippen molar-refractivity contribution in [2.24, 2.45) is 5.92 Å². The maximum atomic E-state index is 13.6. The first-order valence-electron chi connectivity index (χ1n) is 10.1. The van der Waals surface area contributed by atoms with E-state index in [2.05, 4.69) is 31.9 Å². The van der Waals surface area contributed by atoms with Crippen LogP contribution >= 0.6 is 31.9 Å². The largest absolute Gasteiger partial charge is 0.503 e. The molecule has 0 aromatic heterocycles. The highest BCUT2D eigenvalue weighted by atomic mass is 79.9. The Balaban J connectivity index is 1.62. The van der Waals surface area contributed by atoms with Crippen molar-refractivity contribution >= 4 is 55.0 Å². The number of hydroxylamine groups is 1.